The second-order valence-electron chi connectivity index (χ2n) is 6.36. The summed E-state index contributed by atoms with van der Waals surface area (Å²) in [4.78, 5) is 12.8. The molecular weight excluding hydrogens is 342 g/mol. The fraction of sp³-hybridized carbons (Fsp3) is 0.409. The number of ether oxygens (including phenoxy) is 3. The van der Waals surface area contributed by atoms with Crippen LogP contribution in [0.15, 0.2) is 42.5 Å². The Balaban J connectivity index is 2.13. The van der Waals surface area contributed by atoms with Gasteiger partial charge in [-0.3, -0.25) is 4.79 Å². The Labute approximate surface area is 161 Å². The molecule has 2 aromatic carbocycles. The van der Waals surface area contributed by atoms with E-state index in [-0.39, 0.29) is 11.9 Å². The van der Waals surface area contributed by atoms with Crippen molar-refractivity contribution in [2.75, 3.05) is 14.2 Å². The third-order valence-electron chi connectivity index (χ3n) is 4.55. The third-order valence-corrected chi connectivity index (χ3v) is 4.55. The topological polar surface area (TPSA) is 56.8 Å². The van der Waals surface area contributed by atoms with Gasteiger partial charge in [-0.15, -0.1) is 0 Å². The van der Waals surface area contributed by atoms with E-state index in [1.54, 1.807) is 20.3 Å². The Morgan fingerprint density at radius 3 is 2.19 bits per heavy atom. The van der Waals surface area contributed by atoms with Crippen LogP contribution in [0.5, 0.6) is 17.2 Å². The normalized spacial score (nSPS) is 12.8. The van der Waals surface area contributed by atoms with Crippen LogP contribution in [-0.4, -0.2) is 26.2 Å². The van der Waals surface area contributed by atoms with Gasteiger partial charge in [-0.05, 0) is 49.1 Å². The minimum Gasteiger partial charge on any atom is -0.496 e. The summed E-state index contributed by atoms with van der Waals surface area (Å²) in [6.45, 7) is 5.97. The van der Waals surface area contributed by atoms with Gasteiger partial charge in [-0.2, -0.15) is 0 Å². The molecule has 0 saturated carbocycles. The van der Waals surface area contributed by atoms with Crippen molar-refractivity contribution in [3.63, 3.8) is 0 Å². The number of benzene rings is 2. The first-order valence-corrected chi connectivity index (χ1v) is 9.28. The molecule has 2 rings (SSSR count). The van der Waals surface area contributed by atoms with E-state index < -0.39 is 6.10 Å². The first-order valence-electron chi connectivity index (χ1n) is 9.28. The maximum absolute atomic E-state index is 12.8. The van der Waals surface area contributed by atoms with Crippen molar-refractivity contribution in [1.29, 1.82) is 0 Å². The van der Waals surface area contributed by atoms with Crippen molar-refractivity contribution in [1.82, 2.24) is 5.32 Å². The summed E-state index contributed by atoms with van der Waals surface area (Å²) >= 11 is 0. The van der Waals surface area contributed by atoms with Crippen molar-refractivity contribution in [3.05, 3.63) is 53.6 Å². The van der Waals surface area contributed by atoms with Crippen molar-refractivity contribution in [2.45, 2.75) is 45.8 Å². The maximum Gasteiger partial charge on any atom is 0.261 e. The molecule has 2 aromatic rings. The van der Waals surface area contributed by atoms with Crippen LogP contribution < -0.4 is 19.5 Å². The molecule has 0 radical (unpaired) electrons. The van der Waals surface area contributed by atoms with Crippen LogP contribution >= 0.6 is 0 Å². The van der Waals surface area contributed by atoms with Gasteiger partial charge >= 0.3 is 0 Å². The van der Waals surface area contributed by atoms with Gasteiger partial charge in [-0.1, -0.05) is 38.1 Å². The smallest absolute Gasteiger partial charge is 0.261 e. The van der Waals surface area contributed by atoms with Gasteiger partial charge in [0.2, 0.25) is 0 Å². The molecule has 27 heavy (non-hydrogen) atoms. The molecule has 1 amide bonds. The van der Waals surface area contributed by atoms with Crippen LogP contribution in [0.2, 0.25) is 0 Å². The summed E-state index contributed by atoms with van der Waals surface area (Å²) in [6.07, 6.45) is 0.750. The molecule has 146 valence electrons. The molecule has 0 saturated heterocycles. The van der Waals surface area contributed by atoms with Crippen LogP contribution in [0, 0.1) is 6.92 Å². The van der Waals surface area contributed by atoms with Gasteiger partial charge in [0.15, 0.2) is 17.6 Å². The fourth-order valence-corrected chi connectivity index (χ4v) is 3.00. The lowest BCUT2D eigenvalue weighted by Gasteiger charge is -2.23. The number of carbonyl (C=O) groups is 1. The van der Waals surface area contributed by atoms with Gasteiger partial charge < -0.3 is 19.5 Å². The lowest BCUT2D eigenvalue weighted by Crippen LogP contribution is -2.40. The van der Waals surface area contributed by atoms with Gasteiger partial charge in [0.1, 0.15) is 5.75 Å². The highest BCUT2D eigenvalue weighted by Crippen LogP contribution is 2.28. The minimum atomic E-state index is -0.588. The number of hydrogen-bond donors (Lipinski definition) is 1. The summed E-state index contributed by atoms with van der Waals surface area (Å²) in [7, 11) is 3.24. The number of nitrogens with one attached hydrogen (secondary N) is 1. The number of methoxy groups -OCH3 is 2. The Morgan fingerprint density at radius 2 is 1.63 bits per heavy atom. The largest absolute Gasteiger partial charge is 0.496 e. The Hall–Kier alpha value is -2.69. The Bertz CT molecular complexity index is 760. The molecule has 0 aliphatic rings. The van der Waals surface area contributed by atoms with Gasteiger partial charge in [0, 0.05) is 0 Å². The third kappa shape index (κ3) is 5.16. The minimum absolute atomic E-state index is 0.0857. The zero-order valence-corrected chi connectivity index (χ0v) is 16.7. The molecule has 0 aromatic heterocycles. The van der Waals surface area contributed by atoms with Crippen LogP contribution in [0.4, 0.5) is 0 Å². The average molecular weight is 371 g/mol. The first kappa shape index (κ1) is 20.6. The molecular formula is C22H29NO4. The van der Waals surface area contributed by atoms with Gasteiger partial charge in [0.25, 0.3) is 5.91 Å². The second-order valence-corrected chi connectivity index (χ2v) is 6.36. The summed E-state index contributed by atoms with van der Waals surface area (Å²) in [6, 6.07) is 13.2. The second kappa shape index (κ2) is 9.86. The van der Waals surface area contributed by atoms with Crippen LogP contribution in [-0.2, 0) is 4.79 Å². The van der Waals surface area contributed by atoms with Crippen LogP contribution in [0.3, 0.4) is 0 Å². The zero-order valence-electron chi connectivity index (χ0n) is 16.7. The van der Waals surface area contributed by atoms with E-state index in [4.69, 9.17) is 14.2 Å². The van der Waals surface area contributed by atoms with E-state index >= 15 is 0 Å². The molecule has 0 heterocycles. The highest BCUT2D eigenvalue weighted by molar-refractivity contribution is 5.81. The standard InChI is InChI=1S/C22H29NO4/c1-6-17(16-12-13-19(25-4)15(3)14-16)23-22(24)18(7-2)27-21-11-9-8-10-20(21)26-5/h8-14,17-18H,6-7H2,1-5H3,(H,23,24)/t17-,18-/m1/s1. The number of rotatable bonds is 9. The number of aryl methyl sites for hydroxylation is 1. The molecule has 0 spiro atoms. The van der Waals surface area contributed by atoms with E-state index in [0.717, 1.165) is 23.3 Å². The molecule has 0 bridgehead atoms. The SMILES string of the molecule is CC[C@@H](Oc1ccccc1OC)C(=O)N[C@H](CC)c1ccc(OC)c(C)c1. The first-order chi connectivity index (χ1) is 13.0. The highest BCUT2D eigenvalue weighted by atomic mass is 16.5. The van der Waals surface area contributed by atoms with E-state index in [1.807, 2.05) is 51.1 Å². The van der Waals surface area contributed by atoms with E-state index in [1.165, 1.54) is 0 Å². The molecule has 0 aliphatic carbocycles. The van der Waals surface area contributed by atoms with E-state index in [2.05, 4.69) is 11.4 Å². The summed E-state index contributed by atoms with van der Waals surface area (Å²) < 4.78 is 16.6. The predicted molar refractivity (Wildman–Crippen MR) is 107 cm³/mol. The van der Waals surface area contributed by atoms with Crippen LogP contribution in [0.1, 0.15) is 43.9 Å². The number of amides is 1. The predicted octanol–water partition coefficient (Wildman–Crippen LogP) is 4.44. The van der Waals surface area contributed by atoms with Crippen molar-refractivity contribution >= 4 is 5.91 Å². The summed E-state index contributed by atoms with van der Waals surface area (Å²) in [5.74, 6) is 1.88. The molecule has 2 atom stereocenters. The Kier molecular flexibility index (Phi) is 7.53. The van der Waals surface area contributed by atoms with Crippen molar-refractivity contribution in [3.8, 4) is 17.2 Å². The van der Waals surface area contributed by atoms with Gasteiger partial charge in [0.05, 0.1) is 20.3 Å². The molecule has 0 fully saturated rings. The molecule has 5 heteroatoms. The van der Waals surface area contributed by atoms with Crippen LogP contribution in [0.25, 0.3) is 0 Å². The summed E-state index contributed by atoms with van der Waals surface area (Å²) in [5.41, 5.74) is 2.09. The lowest BCUT2D eigenvalue weighted by atomic mass is 10.0. The monoisotopic (exact) mass is 371 g/mol. The van der Waals surface area contributed by atoms with Crippen molar-refractivity contribution in [2.24, 2.45) is 0 Å². The van der Waals surface area contributed by atoms with E-state index in [0.29, 0.717) is 17.9 Å². The molecule has 0 unspecified atom stereocenters. The zero-order chi connectivity index (χ0) is 19.8. The lowest BCUT2D eigenvalue weighted by molar-refractivity contribution is -0.129. The molecule has 0 aliphatic heterocycles. The molecule has 5 nitrogen and oxygen atoms in total. The summed E-state index contributed by atoms with van der Waals surface area (Å²) in [5, 5.41) is 3.11. The maximum atomic E-state index is 12.8. The number of hydrogen-bond acceptors (Lipinski definition) is 4. The van der Waals surface area contributed by atoms with E-state index in [9.17, 15) is 4.79 Å². The quantitative estimate of drug-likeness (QED) is 0.708. The van der Waals surface area contributed by atoms with Gasteiger partial charge in [-0.25, -0.2) is 0 Å². The highest BCUT2D eigenvalue weighted by Gasteiger charge is 2.23. The fourth-order valence-electron chi connectivity index (χ4n) is 3.00. The number of para-hydroxylation sites is 2. The van der Waals surface area contributed by atoms with Crippen molar-refractivity contribution < 1.29 is 19.0 Å². The average Bonchev–Trinajstić information content (AvgIpc) is 2.70. The Morgan fingerprint density at radius 1 is 0.963 bits per heavy atom. The molecule has 1 N–H and O–H groups in total. The number of carbonyl (C=O) groups excluding carboxylic acids is 1.